The van der Waals surface area contributed by atoms with Gasteiger partial charge in [0.05, 0.1) is 12.2 Å². The Morgan fingerprint density at radius 3 is 2.73 bits per heavy atom. The second-order valence-electron chi connectivity index (χ2n) is 6.38. The van der Waals surface area contributed by atoms with Gasteiger partial charge in [-0.3, -0.25) is 14.6 Å². The molecule has 136 valence electrons. The van der Waals surface area contributed by atoms with E-state index in [1.807, 2.05) is 12.1 Å². The zero-order valence-electron chi connectivity index (χ0n) is 14.3. The van der Waals surface area contributed by atoms with Crippen molar-refractivity contribution in [3.63, 3.8) is 0 Å². The third-order valence-electron chi connectivity index (χ3n) is 4.20. The number of carbonyl (C=O) groups excluding carboxylic acids is 1. The number of hydrogen-bond donors (Lipinski definition) is 2. The lowest BCUT2D eigenvalue weighted by Gasteiger charge is -2.38. The third kappa shape index (κ3) is 3.25. The summed E-state index contributed by atoms with van der Waals surface area (Å²) in [5, 5.41) is 10.3. The van der Waals surface area contributed by atoms with Crippen LogP contribution >= 0.6 is 15.9 Å². The summed E-state index contributed by atoms with van der Waals surface area (Å²) in [5.41, 5.74) is 5.79. The molecule has 0 bridgehead atoms. The van der Waals surface area contributed by atoms with Crippen LogP contribution in [0.25, 0.3) is 5.70 Å². The Hall–Kier alpha value is -2.58. The fourth-order valence-electron chi connectivity index (χ4n) is 2.94. The van der Waals surface area contributed by atoms with Crippen LogP contribution in [0, 0.1) is 0 Å². The number of amides is 2. The topological polar surface area (TPSA) is 97.8 Å². The molecule has 0 saturated carbocycles. The van der Waals surface area contributed by atoms with Crippen LogP contribution in [0.5, 0.6) is 5.75 Å². The molecule has 2 amide bonds. The number of ether oxygens (including phenoxy) is 1. The summed E-state index contributed by atoms with van der Waals surface area (Å²) >= 11 is 3.43. The number of carbonyl (C=O) groups is 1. The summed E-state index contributed by atoms with van der Waals surface area (Å²) in [5.74, 6) is 0.594. The van der Waals surface area contributed by atoms with Gasteiger partial charge in [-0.1, -0.05) is 22.0 Å². The molecule has 0 spiro atoms. The molecule has 7 nitrogen and oxygen atoms in total. The first-order valence-electron chi connectivity index (χ1n) is 7.87. The minimum absolute atomic E-state index is 0.203. The molecule has 0 radical (unpaired) electrons. The average molecular weight is 420 g/mol. The van der Waals surface area contributed by atoms with Gasteiger partial charge in [0, 0.05) is 27.9 Å². The molecule has 1 aromatic carbocycles. The number of hydroxylamine groups is 2. The van der Waals surface area contributed by atoms with Gasteiger partial charge in [0.25, 0.3) is 5.56 Å². The van der Waals surface area contributed by atoms with E-state index in [1.54, 1.807) is 38.2 Å². The number of urea groups is 1. The highest BCUT2D eigenvalue weighted by Crippen LogP contribution is 2.42. The molecule has 2 aromatic rings. The lowest BCUT2D eigenvalue weighted by atomic mass is 9.89. The zero-order valence-corrected chi connectivity index (χ0v) is 15.9. The van der Waals surface area contributed by atoms with Crippen LogP contribution in [0.1, 0.15) is 19.4 Å². The van der Waals surface area contributed by atoms with Gasteiger partial charge < -0.3 is 10.5 Å². The van der Waals surface area contributed by atoms with E-state index in [4.69, 9.17) is 10.5 Å². The van der Waals surface area contributed by atoms with Gasteiger partial charge >= 0.3 is 6.03 Å². The molecule has 0 fully saturated rings. The van der Waals surface area contributed by atoms with E-state index in [0.29, 0.717) is 27.6 Å². The molecule has 0 saturated heterocycles. The molecular weight excluding hydrogens is 402 g/mol. The fraction of sp³-hybridized carbons (Fsp3) is 0.222. The molecule has 3 N–H and O–H groups in total. The maximum Gasteiger partial charge on any atom is 0.338 e. The second-order valence-corrected chi connectivity index (χ2v) is 7.30. The van der Waals surface area contributed by atoms with E-state index in [0.717, 1.165) is 4.47 Å². The van der Waals surface area contributed by atoms with Gasteiger partial charge in [-0.2, -0.15) is 0 Å². The lowest BCUT2D eigenvalue weighted by Crippen LogP contribution is -2.44. The Kier molecular flexibility index (Phi) is 4.64. The summed E-state index contributed by atoms with van der Waals surface area (Å²) in [6.07, 6.45) is 1.63. The number of rotatable bonds is 3. The first kappa shape index (κ1) is 18.2. The monoisotopic (exact) mass is 419 g/mol. The number of halogens is 1. The van der Waals surface area contributed by atoms with Crippen molar-refractivity contribution in [1.82, 2.24) is 9.63 Å². The Bertz CT molecular complexity index is 965. The van der Waals surface area contributed by atoms with E-state index in [1.165, 1.54) is 10.6 Å². The van der Waals surface area contributed by atoms with Crippen molar-refractivity contribution < 1.29 is 14.7 Å². The Morgan fingerprint density at radius 1 is 1.35 bits per heavy atom. The largest absolute Gasteiger partial charge is 0.483 e. The van der Waals surface area contributed by atoms with Crippen molar-refractivity contribution in [2.75, 3.05) is 6.54 Å². The molecular formula is C18H18BrN3O4. The minimum atomic E-state index is -0.993. The number of benzene rings is 1. The van der Waals surface area contributed by atoms with Crippen molar-refractivity contribution in [2.24, 2.45) is 5.73 Å². The first-order valence-corrected chi connectivity index (χ1v) is 8.66. The third-order valence-corrected chi connectivity index (χ3v) is 4.69. The highest BCUT2D eigenvalue weighted by atomic mass is 79.9. The van der Waals surface area contributed by atoms with E-state index in [2.05, 4.69) is 15.9 Å². The SMILES string of the molecule is CC1(C)Oc2ccc(Br)cc2C(n2ccccc2=O)=C1CN(O)C(N)=O. The zero-order chi connectivity index (χ0) is 19.1. The first-order chi connectivity index (χ1) is 12.2. The van der Waals surface area contributed by atoms with Gasteiger partial charge in [-0.25, -0.2) is 9.86 Å². The summed E-state index contributed by atoms with van der Waals surface area (Å²) in [7, 11) is 0. The number of hydrogen-bond acceptors (Lipinski definition) is 4. The molecule has 1 aliphatic heterocycles. The van der Waals surface area contributed by atoms with Crippen molar-refractivity contribution in [1.29, 1.82) is 0 Å². The summed E-state index contributed by atoms with van der Waals surface area (Å²) in [4.78, 5) is 23.9. The fourth-order valence-corrected chi connectivity index (χ4v) is 3.30. The normalized spacial score (nSPS) is 15.2. The predicted molar refractivity (Wildman–Crippen MR) is 99.9 cm³/mol. The molecule has 2 heterocycles. The van der Waals surface area contributed by atoms with E-state index in [-0.39, 0.29) is 12.1 Å². The van der Waals surface area contributed by atoms with Crippen LogP contribution in [0.4, 0.5) is 4.79 Å². The van der Waals surface area contributed by atoms with Gasteiger partial charge in [-0.15, -0.1) is 0 Å². The van der Waals surface area contributed by atoms with Crippen molar-refractivity contribution in [3.8, 4) is 5.75 Å². The molecule has 0 unspecified atom stereocenters. The van der Waals surface area contributed by atoms with Crippen molar-refractivity contribution in [2.45, 2.75) is 19.4 Å². The Balaban J connectivity index is 2.35. The number of aromatic nitrogens is 1. The number of primary amides is 1. The smallest absolute Gasteiger partial charge is 0.338 e. The van der Waals surface area contributed by atoms with Gasteiger partial charge in [0.15, 0.2) is 0 Å². The molecule has 0 atom stereocenters. The van der Waals surface area contributed by atoms with Gasteiger partial charge in [-0.05, 0) is 38.1 Å². The van der Waals surface area contributed by atoms with E-state index >= 15 is 0 Å². The second kappa shape index (κ2) is 6.62. The predicted octanol–water partition coefficient (Wildman–Crippen LogP) is 2.81. The summed E-state index contributed by atoms with van der Waals surface area (Å²) < 4.78 is 8.35. The van der Waals surface area contributed by atoms with Gasteiger partial charge in [0.1, 0.15) is 11.4 Å². The van der Waals surface area contributed by atoms with E-state index in [9.17, 15) is 14.8 Å². The molecule has 0 aliphatic carbocycles. The van der Waals surface area contributed by atoms with Crippen LogP contribution in [0.2, 0.25) is 0 Å². The van der Waals surface area contributed by atoms with Crippen molar-refractivity contribution >= 4 is 27.7 Å². The van der Waals surface area contributed by atoms with E-state index < -0.39 is 11.6 Å². The van der Waals surface area contributed by atoms with Gasteiger partial charge in [0.2, 0.25) is 0 Å². The summed E-state index contributed by atoms with van der Waals surface area (Å²) in [6, 6.07) is 9.29. The van der Waals surface area contributed by atoms with Crippen LogP contribution in [0.3, 0.4) is 0 Å². The standard InChI is InChI=1S/C18H18BrN3O4/c1-18(2)13(10-22(25)17(20)24)16(21-8-4-3-5-15(21)23)12-9-11(19)6-7-14(12)26-18/h3-9,25H,10H2,1-2H3,(H2,20,24). The van der Waals surface area contributed by atoms with Crippen molar-refractivity contribution in [3.05, 3.63) is 68.6 Å². The average Bonchev–Trinajstić information content (AvgIpc) is 2.56. The maximum absolute atomic E-state index is 12.5. The van der Waals surface area contributed by atoms with Crippen LogP contribution in [-0.4, -0.2) is 33.0 Å². The Labute approximate surface area is 158 Å². The van der Waals surface area contributed by atoms with Crippen LogP contribution in [0.15, 0.2) is 57.4 Å². The molecule has 3 rings (SSSR count). The van der Waals surface area contributed by atoms with Crippen LogP contribution in [-0.2, 0) is 0 Å². The van der Waals surface area contributed by atoms with Crippen LogP contribution < -0.4 is 16.0 Å². The number of fused-ring (bicyclic) bond motifs is 1. The minimum Gasteiger partial charge on any atom is -0.483 e. The number of nitrogens with two attached hydrogens (primary N) is 1. The highest BCUT2D eigenvalue weighted by molar-refractivity contribution is 9.10. The lowest BCUT2D eigenvalue weighted by molar-refractivity contribution is -0.0373. The summed E-state index contributed by atoms with van der Waals surface area (Å²) in [6.45, 7) is 3.40. The molecule has 1 aliphatic rings. The molecule has 8 heteroatoms. The quantitative estimate of drug-likeness (QED) is 0.590. The Morgan fingerprint density at radius 2 is 2.08 bits per heavy atom. The highest BCUT2D eigenvalue weighted by Gasteiger charge is 2.37. The number of nitrogens with zero attached hydrogens (tertiary/aromatic N) is 2. The molecule has 26 heavy (non-hydrogen) atoms. The number of pyridine rings is 1. The molecule has 1 aromatic heterocycles. The maximum atomic E-state index is 12.5.